The molecule has 1 rings (SSSR count). The Morgan fingerprint density at radius 2 is 2.19 bits per heavy atom. The van der Waals surface area contributed by atoms with E-state index in [0.29, 0.717) is 28.3 Å². The first-order chi connectivity index (χ1) is 7.63. The minimum absolute atomic E-state index is 0.338. The number of alkyl halides is 1. The summed E-state index contributed by atoms with van der Waals surface area (Å²) >= 11 is 9.26. The fourth-order valence-electron chi connectivity index (χ4n) is 1.26. The highest BCUT2D eigenvalue weighted by Gasteiger charge is 2.15. The Morgan fingerprint density at radius 3 is 2.69 bits per heavy atom. The highest BCUT2D eigenvalue weighted by molar-refractivity contribution is 9.08. The van der Waals surface area contributed by atoms with Gasteiger partial charge >= 0.3 is 5.97 Å². The molecule has 0 aliphatic carbocycles. The first-order valence-electron chi connectivity index (χ1n) is 4.73. The van der Waals surface area contributed by atoms with E-state index in [0.717, 1.165) is 5.56 Å². The van der Waals surface area contributed by atoms with Crippen LogP contribution in [-0.4, -0.2) is 19.7 Å². The average Bonchev–Trinajstić information content (AvgIpc) is 2.29. The summed E-state index contributed by atoms with van der Waals surface area (Å²) in [6.07, 6.45) is 0. The lowest BCUT2D eigenvalue weighted by Gasteiger charge is -2.10. The van der Waals surface area contributed by atoms with E-state index >= 15 is 0 Å². The van der Waals surface area contributed by atoms with Gasteiger partial charge in [-0.05, 0) is 24.6 Å². The number of hydrogen-bond donors (Lipinski definition) is 0. The largest absolute Gasteiger partial charge is 0.495 e. The van der Waals surface area contributed by atoms with Crippen molar-refractivity contribution in [1.29, 1.82) is 0 Å². The Bertz CT molecular complexity index is 393. The van der Waals surface area contributed by atoms with Gasteiger partial charge in [0.25, 0.3) is 0 Å². The van der Waals surface area contributed by atoms with Gasteiger partial charge in [0, 0.05) is 5.33 Å². The van der Waals surface area contributed by atoms with Gasteiger partial charge in [-0.25, -0.2) is 4.79 Å². The molecule has 1 aromatic carbocycles. The molecule has 3 nitrogen and oxygen atoms in total. The monoisotopic (exact) mass is 306 g/mol. The SMILES string of the molecule is CCOC(=O)c1cc(Cl)c(OC)cc1CBr. The molecule has 0 atom stereocenters. The minimum Gasteiger partial charge on any atom is -0.495 e. The van der Waals surface area contributed by atoms with E-state index < -0.39 is 0 Å². The summed E-state index contributed by atoms with van der Waals surface area (Å²) in [6.45, 7) is 2.10. The fourth-order valence-corrected chi connectivity index (χ4v) is 1.97. The van der Waals surface area contributed by atoms with Gasteiger partial charge in [0.15, 0.2) is 0 Å². The molecule has 1 aromatic rings. The van der Waals surface area contributed by atoms with Gasteiger partial charge in [-0.3, -0.25) is 0 Å². The second kappa shape index (κ2) is 6.11. The van der Waals surface area contributed by atoms with Crippen molar-refractivity contribution in [3.05, 3.63) is 28.3 Å². The highest BCUT2D eigenvalue weighted by atomic mass is 79.9. The lowest BCUT2D eigenvalue weighted by atomic mass is 10.1. The van der Waals surface area contributed by atoms with Gasteiger partial charge in [0.1, 0.15) is 5.75 Å². The third-order valence-corrected chi connectivity index (χ3v) is 2.92. The lowest BCUT2D eigenvalue weighted by Crippen LogP contribution is -2.08. The molecule has 0 N–H and O–H groups in total. The number of methoxy groups -OCH3 is 1. The standard InChI is InChI=1S/C11H12BrClO3/c1-3-16-11(14)8-5-9(13)10(15-2)4-7(8)6-12/h4-5H,3,6H2,1-2H3. The highest BCUT2D eigenvalue weighted by Crippen LogP contribution is 2.29. The van der Waals surface area contributed by atoms with Gasteiger partial charge in [-0.1, -0.05) is 27.5 Å². The molecule has 0 aliphatic rings. The molecule has 0 radical (unpaired) electrons. The average molecular weight is 308 g/mol. The van der Waals surface area contributed by atoms with Crippen molar-refractivity contribution in [3.63, 3.8) is 0 Å². The number of carbonyl (C=O) groups is 1. The van der Waals surface area contributed by atoms with Crippen LogP contribution in [0.25, 0.3) is 0 Å². The van der Waals surface area contributed by atoms with Crippen LogP contribution >= 0.6 is 27.5 Å². The topological polar surface area (TPSA) is 35.5 Å². The molecule has 0 unspecified atom stereocenters. The van der Waals surface area contributed by atoms with Crippen LogP contribution in [0, 0.1) is 0 Å². The zero-order valence-electron chi connectivity index (χ0n) is 9.05. The molecule has 0 fully saturated rings. The normalized spacial score (nSPS) is 10.0. The van der Waals surface area contributed by atoms with Crippen molar-refractivity contribution in [2.45, 2.75) is 12.3 Å². The molecule has 0 amide bonds. The van der Waals surface area contributed by atoms with E-state index in [9.17, 15) is 4.79 Å². The number of carbonyl (C=O) groups excluding carboxylic acids is 1. The summed E-state index contributed by atoms with van der Waals surface area (Å²) in [7, 11) is 1.53. The molecule has 0 heterocycles. The summed E-state index contributed by atoms with van der Waals surface area (Å²) < 4.78 is 10.0. The van der Waals surface area contributed by atoms with Crippen LogP contribution in [0.4, 0.5) is 0 Å². The Labute approximate surface area is 108 Å². The van der Waals surface area contributed by atoms with Crippen LogP contribution < -0.4 is 4.74 Å². The van der Waals surface area contributed by atoms with Crippen LogP contribution in [0.3, 0.4) is 0 Å². The van der Waals surface area contributed by atoms with Gasteiger partial charge in [0.2, 0.25) is 0 Å². The quantitative estimate of drug-likeness (QED) is 0.631. The Balaban J connectivity index is 3.17. The van der Waals surface area contributed by atoms with Crippen molar-refractivity contribution < 1.29 is 14.3 Å². The van der Waals surface area contributed by atoms with Crippen LogP contribution in [0.15, 0.2) is 12.1 Å². The molecule has 0 aromatic heterocycles. The van der Waals surface area contributed by atoms with Crippen LogP contribution in [0.2, 0.25) is 5.02 Å². The molecule has 0 saturated heterocycles. The van der Waals surface area contributed by atoms with E-state index in [4.69, 9.17) is 21.1 Å². The van der Waals surface area contributed by atoms with Gasteiger partial charge < -0.3 is 9.47 Å². The van der Waals surface area contributed by atoms with Crippen molar-refractivity contribution in [3.8, 4) is 5.75 Å². The molecule has 0 bridgehead atoms. The maximum Gasteiger partial charge on any atom is 0.338 e. The summed E-state index contributed by atoms with van der Waals surface area (Å²) in [5.41, 5.74) is 1.25. The van der Waals surface area contributed by atoms with Crippen LogP contribution in [0.1, 0.15) is 22.8 Å². The molecule has 5 heteroatoms. The number of ether oxygens (including phenoxy) is 2. The van der Waals surface area contributed by atoms with Crippen LogP contribution in [-0.2, 0) is 10.1 Å². The Hall–Kier alpha value is -0.740. The summed E-state index contributed by atoms with van der Waals surface area (Å²) in [4.78, 5) is 11.6. The predicted octanol–water partition coefficient (Wildman–Crippen LogP) is 3.42. The number of halogens is 2. The number of rotatable bonds is 4. The number of esters is 1. The van der Waals surface area contributed by atoms with Gasteiger partial charge in [-0.2, -0.15) is 0 Å². The van der Waals surface area contributed by atoms with E-state index in [1.54, 1.807) is 19.1 Å². The third-order valence-electron chi connectivity index (χ3n) is 2.02. The van der Waals surface area contributed by atoms with E-state index in [1.807, 2.05) is 0 Å². The summed E-state index contributed by atoms with van der Waals surface area (Å²) in [6, 6.07) is 3.29. The molecule has 0 saturated carbocycles. The molecule has 0 aliphatic heterocycles. The van der Waals surface area contributed by atoms with E-state index in [2.05, 4.69) is 15.9 Å². The second-order valence-electron chi connectivity index (χ2n) is 3.00. The fraction of sp³-hybridized carbons (Fsp3) is 0.364. The maximum absolute atomic E-state index is 11.6. The van der Waals surface area contributed by atoms with Crippen molar-refractivity contribution in [2.24, 2.45) is 0 Å². The smallest absolute Gasteiger partial charge is 0.338 e. The maximum atomic E-state index is 11.6. The van der Waals surface area contributed by atoms with Gasteiger partial charge in [0.05, 0.1) is 24.3 Å². The van der Waals surface area contributed by atoms with Crippen LogP contribution in [0.5, 0.6) is 5.75 Å². The predicted molar refractivity (Wildman–Crippen MR) is 66.6 cm³/mol. The van der Waals surface area contributed by atoms with Crippen molar-refractivity contribution in [2.75, 3.05) is 13.7 Å². The molecular weight excluding hydrogens is 295 g/mol. The van der Waals surface area contributed by atoms with E-state index in [-0.39, 0.29) is 5.97 Å². The molecule has 16 heavy (non-hydrogen) atoms. The zero-order valence-corrected chi connectivity index (χ0v) is 11.4. The first-order valence-corrected chi connectivity index (χ1v) is 6.23. The Morgan fingerprint density at radius 1 is 1.50 bits per heavy atom. The Kier molecular flexibility index (Phi) is 5.09. The first kappa shape index (κ1) is 13.3. The number of benzene rings is 1. The summed E-state index contributed by atoms with van der Waals surface area (Å²) in [5, 5.41) is 0.935. The molecule has 0 spiro atoms. The van der Waals surface area contributed by atoms with Gasteiger partial charge in [-0.15, -0.1) is 0 Å². The zero-order chi connectivity index (χ0) is 12.1. The number of hydrogen-bond acceptors (Lipinski definition) is 3. The second-order valence-corrected chi connectivity index (χ2v) is 3.97. The summed E-state index contributed by atoms with van der Waals surface area (Å²) in [5.74, 6) is 0.172. The van der Waals surface area contributed by atoms with E-state index in [1.165, 1.54) is 7.11 Å². The van der Waals surface area contributed by atoms with Crippen molar-refractivity contribution in [1.82, 2.24) is 0 Å². The molecule has 88 valence electrons. The minimum atomic E-state index is -0.374. The molecular formula is C11H12BrClO3. The third kappa shape index (κ3) is 2.89. The lowest BCUT2D eigenvalue weighted by molar-refractivity contribution is 0.0525. The van der Waals surface area contributed by atoms with Crippen molar-refractivity contribution >= 4 is 33.5 Å².